The van der Waals surface area contributed by atoms with Crippen molar-refractivity contribution in [2.75, 3.05) is 19.8 Å². The Balaban J connectivity index is 1.59. The Hall–Kier alpha value is -1.27. The first kappa shape index (κ1) is 88.8. The van der Waals surface area contributed by atoms with Crippen LogP contribution in [0.2, 0.25) is 0 Å². The number of carbonyl (C=O) groups is 1. The van der Waals surface area contributed by atoms with Gasteiger partial charge in [0.25, 0.3) is 0 Å². The minimum atomic E-state index is -1.79. The van der Waals surface area contributed by atoms with E-state index in [-0.39, 0.29) is 18.9 Å². The summed E-state index contributed by atoms with van der Waals surface area (Å²) in [6.07, 6.45) is 65.9. The van der Waals surface area contributed by atoms with Crippen LogP contribution in [0.5, 0.6) is 0 Å². The van der Waals surface area contributed by atoms with Crippen molar-refractivity contribution in [3.05, 3.63) is 12.2 Å². The number of allylic oxidation sites excluding steroid dienone is 1. The molecular weight excluding hydrogens is 1180 g/mol. The summed E-state index contributed by atoms with van der Waals surface area (Å²) in [6, 6.07) is -0.912. The van der Waals surface area contributed by atoms with Gasteiger partial charge in [0.2, 0.25) is 5.91 Å². The zero-order chi connectivity index (χ0) is 68.0. The van der Waals surface area contributed by atoms with Gasteiger partial charge < -0.3 is 65.1 Å². The minimum Gasteiger partial charge on any atom is -0.394 e. The first-order chi connectivity index (χ1) is 46.1. The van der Waals surface area contributed by atoms with Gasteiger partial charge in [-0.25, -0.2) is 0 Å². The molecule has 2 heterocycles. The van der Waals surface area contributed by atoms with E-state index in [9.17, 15) is 45.6 Å². The molecule has 2 rings (SSSR count). The molecule has 0 saturated carbocycles. The largest absolute Gasteiger partial charge is 0.394 e. The summed E-state index contributed by atoms with van der Waals surface area (Å²) in [5.41, 5.74) is 0. The fourth-order valence-electron chi connectivity index (χ4n) is 14.0. The second-order valence-electron chi connectivity index (χ2n) is 29.3. The van der Waals surface area contributed by atoms with Crippen LogP contribution >= 0.6 is 0 Å². The summed E-state index contributed by atoms with van der Waals surface area (Å²) >= 11 is 0. The maximum atomic E-state index is 13.4. The van der Waals surface area contributed by atoms with Gasteiger partial charge >= 0.3 is 0 Å². The summed E-state index contributed by atoms with van der Waals surface area (Å²) in [5, 5.41) is 87.7. The number of aliphatic hydroxyl groups excluding tert-OH is 8. The lowest BCUT2D eigenvalue weighted by Crippen LogP contribution is -2.65. The highest BCUT2D eigenvalue weighted by Crippen LogP contribution is 2.30. The minimum absolute atomic E-state index is 0.228. The van der Waals surface area contributed by atoms with E-state index in [4.69, 9.17) is 18.9 Å². The van der Waals surface area contributed by atoms with E-state index in [1.54, 1.807) is 6.08 Å². The highest BCUT2D eigenvalue weighted by molar-refractivity contribution is 5.76. The molecule has 14 nitrogen and oxygen atoms in total. The van der Waals surface area contributed by atoms with Gasteiger partial charge in [0.05, 0.1) is 32.0 Å². The maximum absolute atomic E-state index is 13.4. The molecule has 558 valence electrons. The summed E-state index contributed by atoms with van der Waals surface area (Å²) in [4.78, 5) is 13.4. The summed E-state index contributed by atoms with van der Waals surface area (Å²) in [5.74, 6) is -0.228. The average Bonchev–Trinajstić information content (AvgIpc) is 0.794. The van der Waals surface area contributed by atoms with E-state index >= 15 is 0 Å². The van der Waals surface area contributed by atoms with E-state index in [2.05, 4.69) is 19.2 Å². The van der Waals surface area contributed by atoms with Crippen LogP contribution < -0.4 is 5.32 Å². The summed E-state index contributed by atoms with van der Waals surface area (Å²) in [6.45, 7) is 2.88. The molecule has 2 aliphatic rings. The molecule has 9 N–H and O–H groups in total. The second-order valence-corrected chi connectivity index (χ2v) is 29.3. The Bertz CT molecular complexity index is 1620. The summed E-state index contributed by atoms with van der Waals surface area (Å²) in [7, 11) is 0. The predicted octanol–water partition coefficient (Wildman–Crippen LogP) is 18.5. The van der Waals surface area contributed by atoms with Gasteiger partial charge in [-0.05, 0) is 19.3 Å². The van der Waals surface area contributed by atoms with Gasteiger partial charge in [0.1, 0.15) is 48.8 Å². The van der Waals surface area contributed by atoms with Crippen molar-refractivity contribution in [2.24, 2.45) is 0 Å². The monoisotopic (exact) mass is 1340 g/mol. The first-order valence-corrected chi connectivity index (χ1v) is 40.9. The lowest BCUT2D eigenvalue weighted by atomic mass is 9.97. The van der Waals surface area contributed by atoms with Crippen LogP contribution in [0.3, 0.4) is 0 Å². The molecule has 2 aliphatic heterocycles. The number of amides is 1. The Labute approximate surface area is 577 Å². The molecule has 94 heavy (non-hydrogen) atoms. The quantitative estimate of drug-likeness (QED) is 0.0204. The van der Waals surface area contributed by atoms with Gasteiger partial charge in [0, 0.05) is 6.42 Å². The van der Waals surface area contributed by atoms with E-state index in [0.717, 1.165) is 44.9 Å². The zero-order valence-electron chi connectivity index (χ0n) is 61.2. The molecular formula is C80H155NO13. The number of nitrogens with one attached hydrogen (secondary N) is 1. The molecule has 0 aromatic carbocycles. The molecule has 2 saturated heterocycles. The Morgan fingerprint density at radius 2 is 0.660 bits per heavy atom. The molecule has 1 amide bonds. The van der Waals surface area contributed by atoms with Crippen LogP contribution in [-0.2, 0) is 23.7 Å². The van der Waals surface area contributed by atoms with Crippen molar-refractivity contribution in [3.8, 4) is 0 Å². The van der Waals surface area contributed by atoms with Crippen molar-refractivity contribution < 1.29 is 64.6 Å². The van der Waals surface area contributed by atoms with Gasteiger partial charge in [-0.15, -0.1) is 0 Å². The Kier molecular flexibility index (Phi) is 61.5. The van der Waals surface area contributed by atoms with Crippen LogP contribution in [0, 0.1) is 0 Å². The van der Waals surface area contributed by atoms with Crippen molar-refractivity contribution in [1.82, 2.24) is 5.32 Å². The lowest BCUT2D eigenvalue weighted by molar-refractivity contribution is -0.359. The molecule has 0 aromatic rings. The van der Waals surface area contributed by atoms with E-state index in [1.807, 2.05) is 6.08 Å². The van der Waals surface area contributed by atoms with Crippen molar-refractivity contribution in [3.63, 3.8) is 0 Å². The Morgan fingerprint density at radius 1 is 0.372 bits per heavy atom. The van der Waals surface area contributed by atoms with Crippen molar-refractivity contribution in [2.45, 2.75) is 473 Å². The smallest absolute Gasteiger partial charge is 0.220 e. The number of aliphatic hydroxyl groups is 8. The lowest BCUT2D eigenvalue weighted by Gasteiger charge is -2.46. The average molecular weight is 1340 g/mol. The molecule has 2 fully saturated rings. The normalized spacial score (nSPS) is 22.4. The number of hydrogen-bond donors (Lipinski definition) is 9. The molecule has 12 unspecified atom stereocenters. The first-order valence-electron chi connectivity index (χ1n) is 40.9. The van der Waals surface area contributed by atoms with Gasteiger partial charge in [0.15, 0.2) is 12.6 Å². The number of hydrogen-bond acceptors (Lipinski definition) is 13. The van der Waals surface area contributed by atoms with Crippen LogP contribution in [0.4, 0.5) is 0 Å². The van der Waals surface area contributed by atoms with Crippen molar-refractivity contribution in [1.29, 1.82) is 0 Å². The topological polar surface area (TPSA) is 228 Å². The molecule has 0 aliphatic carbocycles. The fraction of sp³-hybridized carbons (Fsp3) is 0.963. The third-order valence-electron chi connectivity index (χ3n) is 20.5. The van der Waals surface area contributed by atoms with Gasteiger partial charge in [-0.2, -0.15) is 0 Å². The predicted molar refractivity (Wildman–Crippen MR) is 388 cm³/mol. The third kappa shape index (κ3) is 47.7. The standard InChI is InChI=1S/C80H155NO13/c1-3-5-7-9-11-13-15-17-19-21-23-25-27-29-30-31-32-33-34-35-36-37-38-40-42-44-46-48-50-52-54-56-58-60-62-64-72(85)81-68(67-91-79-77(90)75(88)78(71(66-83)93-79)94-80-76(89)74(87)73(86)70(65-82)92-80)69(84)63-61-59-57-55-53-51-49-47-45-43-41-39-28-26-24-22-20-18-16-14-12-10-8-6-4-2/h61,63,68-71,73-80,82-84,86-90H,3-60,62,64-67H2,1-2H3,(H,81,85)/b63-61+. The molecule has 0 bridgehead atoms. The maximum Gasteiger partial charge on any atom is 0.220 e. The number of carbonyl (C=O) groups excluding carboxylic acids is 1. The number of unbranched alkanes of at least 4 members (excludes halogenated alkanes) is 57. The Morgan fingerprint density at radius 3 is 0.979 bits per heavy atom. The van der Waals surface area contributed by atoms with Gasteiger partial charge in [-0.3, -0.25) is 4.79 Å². The molecule has 0 aromatic heterocycles. The van der Waals surface area contributed by atoms with E-state index < -0.39 is 86.8 Å². The SMILES string of the molecule is CCCCCCCCCCCCCCCCCCCCCCCCC/C=C/C(O)C(COC1OC(CO)C(OC2OC(CO)C(O)C(O)C2O)C(O)C1O)NC(=O)CCCCCCCCCCCCCCCCCCCCCCCCCCCCCCCCCCCCC. The second kappa shape index (κ2) is 65.1. The van der Waals surface area contributed by atoms with Crippen LogP contribution in [0.1, 0.15) is 399 Å². The molecule has 0 spiro atoms. The van der Waals surface area contributed by atoms with E-state index in [0.29, 0.717) is 0 Å². The highest BCUT2D eigenvalue weighted by atomic mass is 16.7. The van der Waals surface area contributed by atoms with Gasteiger partial charge in [-0.1, -0.05) is 386 Å². The molecule has 0 radical (unpaired) electrons. The number of ether oxygens (including phenoxy) is 4. The highest BCUT2D eigenvalue weighted by Gasteiger charge is 2.51. The fourth-order valence-corrected chi connectivity index (χ4v) is 14.0. The molecule has 14 heteroatoms. The van der Waals surface area contributed by atoms with E-state index in [1.165, 1.54) is 334 Å². The molecule has 12 atom stereocenters. The zero-order valence-corrected chi connectivity index (χ0v) is 61.2. The van der Waals surface area contributed by atoms with Crippen LogP contribution in [-0.4, -0.2) is 140 Å². The number of rotatable bonds is 70. The van der Waals surface area contributed by atoms with Crippen molar-refractivity contribution >= 4 is 5.91 Å². The summed E-state index contributed by atoms with van der Waals surface area (Å²) < 4.78 is 22.9. The van der Waals surface area contributed by atoms with Crippen LogP contribution in [0.25, 0.3) is 0 Å². The third-order valence-corrected chi connectivity index (χ3v) is 20.5. The van der Waals surface area contributed by atoms with Crippen LogP contribution in [0.15, 0.2) is 12.2 Å².